The van der Waals surface area contributed by atoms with Gasteiger partial charge in [0.1, 0.15) is 11.6 Å². The molecule has 1 N–H and O–H groups in total. The predicted octanol–water partition coefficient (Wildman–Crippen LogP) is 2.73. The molecule has 3 nitrogen and oxygen atoms in total. The molecule has 1 unspecified atom stereocenters. The van der Waals surface area contributed by atoms with Crippen molar-refractivity contribution in [1.82, 2.24) is 10.2 Å². The molecule has 2 rings (SSSR count). The summed E-state index contributed by atoms with van der Waals surface area (Å²) in [5.74, 6) is -5.02. The molecule has 1 aromatic carbocycles. The number of amides is 1. The molecule has 0 saturated carbocycles. The number of likely N-dealkylation sites (N-methyl/N-ethyl adjacent to an activating group) is 1. The number of carbonyl (C=O) groups excluding carboxylic acids is 1. The van der Waals surface area contributed by atoms with E-state index in [1.807, 2.05) is 0 Å². The van der Waals surface area contributed by atoms with E-state index < -0.39 is 42.5 Å². The van der Waals surface area contributed by atoms with E-state index in [-0.39, 0.29) is 31.1 Å². The summed E-state index contributed by atoms with van der Waals surface area (Å²) >= 11 is 0. The fourth-order valence-electron chi connectivity index (χ4n) is 2.33. The van der Waals surface area contributed by atoms with Crippen molar-refractivity contribution in [1.29, 1.82) is 0 Å². The van der Waals surface area contributed by atoms with Crippen LogP contribution in [0.15, 0.2) is 18.2 Å². The Morgan fingerprint density at radius 3 is 2.41 bits per heavy atom. The lowest BCUT2D eigenvalue weighted by molar-refractivity contribution is -0.134. The number of carbonyl (C=O) groups is 1. The fourth-order valence-corrected chi connectivity index (χ4v) is 2.33. The Morgan fingerprint density at radius 2 is 1.95 bits per heavy atom. The molecule has 0 spiro atoms. The molecule has 1 saturated heterocycles. The van der Waals surface area contributed by atoms with Crippen LogP contribution in [0.25, 0.3) is 0 Å². The van der Waals surface area contributed by atoms with Gasteiger partial charge in [-0.1, -0.05) is 6.07 Å². The lowest BCUT2D eigenvalue weighted by atomic mass is 10.1. The molecule has 22 heavy (non-hydrogen) atoms. The Morgan fingerprint density at radius 1 is 1.36 bits per heavy atom. The van der Waals surface area contributed by atoms with Gasteiger partial charge in [-0.25, -0.2) is 17.6 Å². The van der Waals surface area contributed by atoms with Gasteiger partial charge in [-0.2, -0.15) is 0 Å². The van der Waals surface area contributed by atoms with Crippen LogP contribution in [0.4, 0.5) is 17.6 Å². The highest BCUT2D eigenvalue weighted by Crippen LogP contribution is 2.26. The van der Waals surface area contributed by atoms with Crippen LogP contribution in [-0.2, 0) is 11.3 Å². The lowest BCUT2D eigenvalue weighted by Gasteiger charge is -2.24. The predicted molar refractivity (Wildman–Crippen MR) is 76.1 cm³/mol. The molecule has 1 heterocycles. The lowest BCUT2D eigenvalue weighted by Crippen LogP contribution is -2.43. The second-order valence-corrected chi connectivity index (χ2v) is 5.05. The number of hydrogen-bond donors (Lipinski definition) is 1. The number of rotatable bonds is 4. The molecule has 8 heteroatoms. The Hall–Kier alpha value is -1.34. The van der Waals surface area contributed by atoms with E-state index in [0.717, 1.165) is 12.1 Å². The molecule has 1 atom stereocenters. The number of hydrogen-bond acceptors (Lipinski definition) is 2. The molecular weight excluding hydrogens is 324 g/mol. The molecule has 1 aliphatic rings. The molecule has 124 valence electrons. The third kappa shape index (κ3) is 4.10. The Balaban J connectivity index is 0.00000242. The van der Waals surface area contributed by atoms with Crippen LogP contribution < -0.4 is 5.32 Å². The van der Waals surface area contributed by atoms with Gasteiger partial charge < -0.3 is 4.90 Å². The minimum absolute atomic E-state index is 0. The summed E-state index contributed by atoms with van der Waals surface area (Å²) in [5, 5.41) is 2.45. The van der Waals surface area contributed by atoms with Gasteiger partial charge in [0.05, 0.1) is 19.1 Å². The van der Waals surface area contributed by atoms with E-state index in [9.17, 15) is 22.4 Å². The third-order valence-electron chi connectivity index (χ3n) is 3.51. The number of halogens is 5. The van der Waals surface area contributed by atoms with Crippen LogP contribution in [0, 0.1) is 11.6 Å². The third-order valence-corrected chi connectivity index (χ3v) is 3.51. The number of nitrogens with one attached hydrogen (secondary N) is 1. The summed E-state index contributed by atoms with van der Waals surface area (Å²) in [6.07, 6.45) is -0.595. The average Bonchev–Trinajstić information content (AvgIpc) is 2.78. The smallest absolute Gasteiger partial charge is 0.262 e. The van der Waals surface area contributed by atoms with Crippen LogP contribution >= 0.6 is 12.4 Å². The molecule has 1 fully saturated rings. The highest BCUT2D eigenvalue weighted by Gasteiger charge is 2.43. The van der Waals surface area contributed by atoms with Gasteiger partial charge in [0.25, 0.3) is 5.92 Å². The van der Waals surface area contributed by atoms with Crippen molar-refractivity contribution in [2.75, 3.05) is 13.1 Å². The van der Waals surface area contributed by atoms with Crippen LogP contribution in [0.1, 0.15) is 18.9 Å². The quantitative estimate of drug-likeness (QED) is 0.855. The molecule has 1 aromatic rings. The van der Waals surface area contributed by atoms with Crippen molar-refractivity contribution >= 4 is 18.3 Å². The van der Waals surface area contributed by atoms with Crippen molar-refractivity contribution in [2.45, 2.75) is 31.9 Å². The van der Waals surface area contributed by atoms with Crippen LogP contribution in [0.2, 0.25) is 0 Å². The SMILES string of the molecule is CCN(Cc1c(F)cccc1F)C(=O)C1CC(F)(F)CN1.Cl. The van der Waals surface area contributed by atoms with Crippen molar-refractivity contribution in [2.24, 2.45) is 0 Å². The first-order valence-corrected chi connectivity index (χ1v) is 6.67. The highest BCUT2D eigenvalue weighted by molar-refractivity contribution is 5.85. The first-order chi connectivity index (χ1) is 9.84. The Kier molecular flexibility index (Phi) is 6.19. The zero-order valence-electron chi connectivity index (χ0n) is 11.9. The van der Waals surface area contributed by atoms with E-state index in [4.69, 9.17) is 0 Å². The fraction of sp³-hybridized carbons (Fsp3) is 0.500. The van der Waals surface area contributed by atoms with Gasteiger partial charge in [0.2, 0.25) is 5.91 Å². The summed E-state index contributed by atoms with van der Waals surface area (Å²) < 4.78 is 53.4. The van der Waals surface area contributed by atoms with Crippen LogP contribution in [0.5, 0.6) is 0 Å². The number of nitrogens with zero attached hydrogens (tertiary/aromatic N) is 1. The maximum atomic E-state index is 13.6. The normalized spacial score (nSPS) is 19.6. The van der Waals surface area contributed by atoms with E-state index >= 15 is 0 Å². The summed E-state index contributed by atoms with van der Waals surface area (Å²) in [5.41, 5.74) is -0.238. The van der Waals surface area contributed by atoms with Gasteiger partial charge in [-0.15, -0.1) is 12.4 Å². The number of benzene rings is 1. The average molecular weight is 341 g/mol. The van der Waals surface area contributed by atoms with Crippen molar-refractivity contribution < 1.29 is 22.4 Å². The van der Waals surface area contributed by atoms with Gasteiger partial charge >= 0.3 is 0 Å². The van der Waals surface area contributed by atoms with Crippen molar-refractivity contribution in [3.8, 4) is 0 Å². The van der Waals surface area contributed by atoms with Gasteiger partial charge in [0.15, 0.2) is 0 Å². The topological polar surface area (TPSA) is 32.3 Å². The van der Waals surface area contributed by atoms with Crippen LogP contribution in [-0.4, -0.2) is 35.9 Å². The molecule has 0 radical (unpaired) electrons. The second kappa shape index (κ2) is 7.28. The van der Waals surface area contributed by atoms with Gasteiger partial charge in [0, 0.05) is 18.5 Å². The maximum Gasteiger partial charge on any atom is 0.262 e. The second-order valence-electron chi connectivity index (χ2n) is 5.05. The van der Waals surface area contributed by atoms with Gasteiger partial charge in [-0.3, -0.25) is 10.1 Å². The highest BCUT2D eigenvalue weighted by atomic mass is 35.5. The van der Waals surface area contributed by atoms with Crippen molar-refractivity contribution in [3.63, 3.8) is 0 Å². The zero-order valence-corrected chi connectivity index (χ0v) is 12.7. The van der Waals surface area contributed by atoms with E-state index in [2.05, 4.69) is 5.32 Å². The monoisotopic (exact) mass is 340 g/mol. The molecule has 0 bridgehead atoms. The molecular formula is C14H17ClF4N2O. The molecule has 1 amide bonds. The van der Waals surface area contributed by atoms with Crippen molar-refractivity contribution in [3.05, 3.63) is 35.4 Å². The van der Waals surface area contributed by atoms with Gasteiger partial charge in [-0.05, 0) is 19.1 Å². The van der Waals surface area contributed by atoms with E-state index in [1.165, 1.54) is 11.0 Å². The van der Waals surface area contributed by atoms with E-state index in [1.54, 1.807) is 6.92 Å². The van der Waals surface area contributed by atoms with Crippen LogP contribution in [0.3, 0.4) is 0 Å². The van der Waals surface area contributed by atoms with E-state index in [0.29, 0.717) is 0 Å². The first-order valence-electron chi connectivity index (χ1n) is 6.67. The zero-order chi connectivity index (χ0) is 15.6. The molecule has 0 aromatic heterocycles. The molecule has 1 aliphatic heterocycles. The largest absolute Gasteiger partial charge is 0.337 e. The Labute approximate surface area is 132 Å². The number of alkyl halides is 2. The Bertz CT molecular complexity index is 521. The minimum Gasteiger partial charge on any atom is -0.337 e. The maximum absolute atomic E-state index is 13.6. The summed E-state index contributed by atoms with van der Waals surface area (Å²) in [7, 11) is 0. The standard InChI is InChI=1S/C14H16F4N2O.ClH/c1-2-20(7-9-10(15)4-3-5-11(9)16)13(21)12-6-14(17,18)8-19-12;/h3-5,12,19H,2,6-8H2,1H3;1H. The summed E-state index contributed by atoms with van der Waals surface area (Å²) in [6.45, 7) is 0.965. The summed E-state index contributed by atoms with van der Waals surface area (Å²) in [4.78, 5) is 13.3. The first kappa shape index (κ1) is 18.7. The summed E-state index contributed by atoms with van der Waals surface area (Å²) in [6, 6.07) is 2.40. The minimum atomic E-state index is -2.93. The molecule has 0 aliphatic carbocycles.